The Balaban J connectivity index is 1.63. The number of benzene rings is 1. The normalized spacial score (nSPS) is 18.5. The van der Waals surface area contributed by atoms with Crippen LogP contribution in [-0.2, 0) is 17.8 Å². The van der Waals surface area contributed by atoms with E-state index in [1.165, 1.54) is 18.3 Å². The molecule has 1 aliphatic heterocycles. The predicted molar refractivity (Wildman–Crippen MR) is 96.2 cm³/mol. The third-order valence-corrected chi connectivity index (χ3v) is 4.97. The van der Waals surface area contributed by atoms with E-state index in [-0.39, 0.29) is 29.1 Å². The van der Waals surface area contributed by atoms with Crippen molar-refractivity contribution in [2.45, 2.75) is 37.9 Å². The van der Waals surface area contributed by atoms with E-state index in [0.29, 0.717) is 13.0 Å². The fourth-order valence-electron chi connectivity index (χ4n) is 3.31. The van der Waals surface area contributed by atoms with Gasteiger partial charge in [-0.2, -0.15) is 0 Å². The Kier molecular flexibility index (Phi) is 4.35. The second-order valence-corrected chi connectivity index (χ2v) is 6.94. The number of nitrogens with zero attached hydrogens (tertiary/aromatic N) is 2. The number of rotatable bonds is 4. The number of amides is 2. The van der Waals surface area contributed by atoms with Gasteiger partial charge in [-0.15, -0.1) is 0 Å². The van der Waals surface area contributed by atoms with E-state index in [2.05, 4.69) is 10.3 Å². The molecule has 1 aromatic heterocycles. The van der Waals surface area contributed by atoms with Gasteiger partial charge in [0, 0.05) is 25.2 Å². The molecule has 4 rings (SSSR count). The van der Waals surface area contributed by atoms with Gasteiger partial charge in [-0.1, -0.05) is 24.3 Å². The summed E-state index contributed by atoms with van der Waals surface area (Å²) in [5, 5.41) is 12.0. The van der Waals surface area contributed by atoms with E-state index in [4.69, 9.17) is 5.11 Å². The van der Waals surface area contributed by atoms with Crippen molar-refractivity contribution < 1.29 is 19.5 Å². The molecule has 0 spiro atoms. The minimum atomic E-state index is -1.15. The average molecular weight is 365 g/mol. The average Bonchev–Trinajstić information content (AvgIpc) is 3.50. The number of carbonyl (C=O) groups excluding carboxylic acids is 2. The molecule has 1 fully saturated rings. The van der Waals surface area contributed by atoms with Gasteiger partial charge in [0.1, 0.15) is 11.7 Å². The van der Waals surface area contributed by atoms with Crippen LogP contribution in [0.15, 0.2) is 42.6 Å². The van der Waals surface area contributed by atoms with Gasteiger partial charge >= 0.3 is 5.97 Å². The Morgan fingerprint density at radius 2 is 1.81 bits per heavy atom. The number of hydrogen-bond donors (Lipinski definition) is 2. The maximum absolute atomic E-state index is 13.1. The Labute approximate surface area is 156 Å². The molecule has 2 N–H and O–H groups in total. The highest BCUT2D eigenvalue weighted by molar-refractivity contribution is 5.98. The van der Waals surface area contributed by atoms with E-state index in [9.17, 15) is 14.4 Å². The summed E-state index contributed by atoms with van der Waals surface area (Å²) in [6.45, 7) is 0.332. The molecule has 1 aromatic carbocycles. The van der Waals surface area contributed by atoms with Crippen LogP contribution >= 0.6 is 0 Å². The Bertz CT molecular complexity index is 906. The highest BCUT2D eigenvalue weighted by atomic mass is 16.4. The number of aromatic nitrogens is 1. The van der Waals surface area contributed by atoms with Crippen LogP contribution in [-0.4, -0.2) is 44.9 Å². The van der Waals surface area contributed by atoms with Gasteiger partial charge in [-0.3, -0.25) is 9.59 Å². The van der Waals surface area contributed by atoms with Crippen LogP contribution < -0.4 is 5.32 Å². The minimum absolute atomic E-state index is 0.126. The van der Waals surface area contributed by atoms with Crippen LogP contribution in [0.5, 0.6) is 0 Å². The lowest BCUT2D eigenvalue weighted by Crippen LogP contribution is -2.53. The van der Waals surface area contributed by atoms with Crippen molar-refractivity contribution in [3.8, 4) is 0 Å². The zero-order valence-corrected chi connectivity index (χ0v) is 14.6. The fraction of sp³-hybridized carbons (Fsp3) is 0.300. The van der Waals surface area contributed by atoms with Crippen molar-refractivity contribution in [1.82, 2.24) is 15.2 Å². The zero-order chi connectivity index (χ0) is 19.0. The first-order chi connectivity index (χ1) is 13.0. The lowest BCUT2D eigenvalue weighted by Gasteiger charge is -2.36. The van der Waals surface area contributed by atoms with Crippen LogP contribution in [0.4, 0.5) is 0 Å². The van der Waals surface area contributed by atoms with E-state index in [1.54, 1.807) is 4.90 Å². The Morgan fingerprint density at radius 1 is 1.07 bits per heavy atom. The van der Waals surface area contributed by atoms with Gasteiger partial charge in [0.2, 0.25) is 5.91 Å². The molecule has 2 heterocycles. The molecule has 1 aliphatic carbocycles. The van der Waals surface area contributed by atoms with Crippen molar-refractivity contribution >= 4 is 17.8 Å². The molecule has 0 unspecified atom stereocenters. The number of nitrogens with one attached hydrogen (secondary N) is 1. The van der Waals surface area contributed by atoms with Crippen LogP contribution in [0.25, 0.3) is 0 Å². The molecule has 2 aromatic rings. The third kappa shape index (κ3) is 3.53. The van der Waals surface area contributed by atoms with E-state index in [1.807, 2.05) is 24.3 Å². The first-order valence-electron chi connectivity index (χ1n) is 8.90. The van der Waals surface area contributed by atoms with Crippen LogP contribution in [0.3, 0.4) is 0 Å². The van der Waals surface area contributed by atoms with E-state index >= 15 is 0 Å². The molecule has 138 valence electrons. The van der Waals surface area contributed by atoms with Crippen molar-refractivity contribution in [3.05, 3.63) is 65.0 Å². The van der Waals surface area contributed by atoms with E-state index < -0.39 is 12.0 Å². The minimum Gasteiger partial charge on any atom is -0.477 e. The molecule has 1 atom stereocenters. The summed E-state index contributed by atoms with van der Waals surface area (Å²) in [7, 11) is 0. The number of carboxylic acids is 1. The molecule has 7 nitrogen and oxygen atoms in total. The van der Waals surface area contributed by atoms with Gasteiger partial charge < -0.3 is 15.3 Å². The molecule has 2 amide bonds. The molecule has 0 bridgehead atoms. The number of hydrogen-bond acceptors (Lipinski definition) is 4. The summed E-state index contributed by atoms with van der Waals surface area (Å²) in [4.78, 5) is 42.1. The van der Waals surface area contributed by atoms with Crippen LogP contribution in [0.2, 0.25) is 0 Å². The number of carboxylic acid groups (broad SMARTS) is 1. The van der Waals surface area contributed by atoms with Crippen molar-refractivity contribution in [2.24, 2.45) is 0 Å². The lowest BCUT2D eigenvalue weighted by molar-refractivity contribution is -0.126. The Hall–Kier alpha value is -3.22. The first kappa shape index (κ1) is 17.2. The number of pyridine rings is 1. The van der Waals surface area contributed by atoms with Gasteiger partial charge in [0.25, 0.3) is 5.91 Å². The number of fused-ring (bicyclic) bond motifs is 1. The summed E-state index contributed by atoms with van der Waals surface area (Å²) in [6, 6.07) is 10.1. The van der Waals surface area contributed by atoms with Crippen molar-refractivity contribution in [1.29, 1.82) is 0 Å². The van der Waals surface area contributed by atoms with Gasteiger partial charge in [-0.25, -0.2) is 9.78 Å². The zero-order valence-electron chi connectivity index (χ0n) is 14.6. The summed E-state index contributed by atoms with van der Waals surface area (Å²) >= 11 is 0. The molecule has 2 aliphatic rings. The SMILES string of the molecule is O=C(O)c1ccc(C(=O)N2Cc3ccccc3C[C@H]2C(=O)NC2CC2)cn1. The topological polar surface area (TPSA) is 99.6 Å². The quantitative estimate of drug-likeness (QED) is 0.858. The number of aromatic carboxylic acids is 1. The second kappa shape index (κ2) is 6.83. The molecule has 1 saturated carbocycles. The maximum atomic E-state index is 13.1. The molecular weight excluding hydrogens is 346 g/mol. The van der Waals surface area contributed by atoms with Gasteiger partial charge in [0.15, 0.2) is 0 Å². The summed E-state index contributed by atoms with van der Waals surface area (Å²) in [6.07, 6.45) is 3.66. The highest BCUT2D eigenvalue weighted by Gasteiger charge is 2.37. The summed E-state index contributed by atoms with van der Waals surface area (Å²) in [5.41, 5.74) is 2.22. The van der Waals surface area contributed by atoms with Crippen LogP contribution in [0, 0.1) is 0 Å². The summed E-state index contributed by atoms with van der Waals surface area (Å²) < 4.78 is 0. The smallest absolute Gasteiger partial charge is 0.354 e. The predicted octanol–water partition coefficient (Wildman–Crippen LogP) is 1.63. The maximum Gasteiger partial charge on any atom is 0.354 e. The lowest BCUT2D eigenvalue weighted by atomic mass is 9.93. The molecule has 27 heavy (non-hydrogen) atoms. The van der Waals surface area contributed by atoms with Gasteiger partial charge in [0.05, 0.1) is 5.56 Å². The molecule has 0 radical (unpaired) electrons. The monoisotopic (exact) mass is 365 g/mol. The standard InChI is InChI=1S/C20H19N3O4/c24-18(22-15-6-7-15)17-9-12-3-1-2-4-14(12)11-23(17)19(25)13-5-8-16(20(26)27)21-10-13/h1-5,8,10,15,17H,6-7,9,11H2,(H,22,24)(H,26,27)/t17-/m0/s1. The van der Waals surface area contributed by atoms with Gasteiger partial charge in [-0.05, 0) is 36.1 Å². The third-order valence-electron chi connectivity index (χ3n) is 4.97. The fourth-order valence-corrected chi connectivity index (χ4v) is 3.31. The first-order valence-corrected chi connectivity index (χ1v) is 8.90. The second-order valence-electron chi connectivity index (χ2n) is 6.94. The van der Waals surface area contributed by atoms with Crippen molar-refractivity contribution in [3.63, 3.8) is 0 Å². The van der Waals surface area contributed by atoms with E-state index in [0.717, 1.165) is 24.0 Å². The van der Waals surface area contributed by atoms with Crippen molar-refractivity contribution in [2.75, 3.05) is 0 Å². The molecular formula is C20H19N3O4. The van der Waals surface area contributed by atoms with Crippen LogP contribution in [0.1, 0.15) is 44.8 Å². The summed E-state index contributed by atoms with van der Waals surface area (Å²) in [5.74, 6) is -1.62. The molecule has 0 saturated heterocycles. The Morgan fingerprint density at radius 3 is 2.44 bits per heavy atom. The number of carbonyl (C=O) groups is 3. The molecule has 7 heteroatoms. The largest absolute Gasteiger partial charge is 0.477 e. The highest BCUT2D eigenvalue weighted by Crippen LogP contribution is 2.26.